The number of hydrogen-bond donors (Lipinski definition) is 3. The lowest BCUT2D eigenvalue weighted by Gasteiger charge is -2.13. The van der Waals surface area contributed by atoms with Gasteiger partial charge >= 0.3 is 5.97 Å². The van der Waals surface area contributed by atoms with Crippen LogP contribution < -0.4 is 15.8 Å². The number of nitrogens with two attached hydrogens (primary N) is 1. The maximum Gasteiger partial charge on any atom is 0.347 e. The predicted molar refractivity (Wildman–Crippen MR) is 114 cm³/mol. The summed E-state index contributed by atoms with van der Waals surface area (Å²) in [6, 6.07) is 5.21. The standard InChI is InChI=1S/C19H14F3N3O4S.C2H6/c1-8-16(18(27)28)30-19(25-8)29-10-2-3-15(11(6-10)17(23)26)24-7-12-13(21)4-9(20)5-14(12)22;1-2/h2-6,24H,7H2,1H3,(H2,23,26)(H,27,28);1-2H3. The van der Waals surface area contributed by atoms with Crippen LogP contribution in [-0.2, 0) is 6.54 Å². The van der Waals surface area contributed by atoms with Crippen LogP contribution in [0.2, 0.25) is 0 Å². The molecule has 0 bridgehead atoms. The second-order valence-corrected chi connectivity index (χ2v) is 7.04. The molecule has 0 aliphatic carbocycles. The predicted octanol–water partition coefficient (Wildman–Crippen LogP) is 5.10. The van der Waals surface area contributed by atoms with Crippen molar-refractivity contribution in [1.82, 2.24) is 4.98 Å². The fourth-order valence-corrected chi connectivity index (χ4v) is 3.36. The first-order chi connectivity index (χ1) is 15.2. The van der Waals surface area contributed by atoms with Crippen molar-refractivity contribution in [2.75, 3.05) is 5.32 Å². The zero-order chi connectivity index (χ0) is 24.0. The Kier molecular flexibility index (Phi) is 8.19. The first-order valence-corrected chi connectivity index (χ1v) is 10.2. The molecule has 7 nitrogen and oxygen atoms in total. The molecule has 1 aromatic heterocycles. The summed E-state index contributed by atoms with van der Waals surface area (Å²) >= 11 is 0.814. The van der Waals surface area contributed by atoms with Crippen LogP contribution in [0.25, 0.3) is 0 Å². The average Bonchev–Trinajstić information content (AvgIpc) is 3.09. The first kappa shape index (κ1) is 24.7. The molecule has 0 spiro atoms. The Balaban J connectivity index is 0.00000176. The van der Waals surface area contributed by atoms with Gasteiger partial charge in [0, 0.05) is 29.9 Å². The van der Waals surface area contributed by atoms with Crippen LogP contribution in [0.3, 0.4) is 0 Å². The molecule has 1 amide bonds. The van der Waals surface area contributed by atoms with Gasteiger partial charge in [-0.25, -0.2) is 22.9 Å². The SMILES string of the molecule is CC.Cc1nc(Oc2ccc(NCc3c(F)cc(F)cc3F)c(C(N)=O)c2)sc1C(=O)O. The largest absolute Gasteiger partial charge is 0.477 e. The zero-order valence-electron chi connectivity index (χ0n) is 17.3. The van der Waals surface area contributed by atoms with E-state index in [1.807, 2.05) is 13.8 Å². The van der Waals surface area contributed by atoms with Crippen LogP contribution in [0, 0.1) is 24.4 Å². The molecule has 0 aliphatic rings. The van der Waals surface area contributed by atoms with E-state index in [2.05, 4.69) is 10.3 Å². The van der Waals surface area contributed by atoms with Gasteiger partial charge < -0.3 is 20.9 Å². The van der Waals surface area contributed by atoms with Crippen LogP contribution >= 0.6 is 11.3 Å². The van der Waals surface area contributed by atoms with E-state index in [-0.39, 0.29) is 39.3 Å². The zero-order valence-corrected chi connectivity index (χ0v) is 18.1. The lowest BCUT2D eigenvalue weighted by atomic mass is 10.1. The van der Waals surface area contributed by atoms with Crippen LogP contribution in [0.5, 0.6) is 10.9 Å². The van der Waals surface area contributed by atoms with Crippen LogP contribution in [0.4, 0.5) is 18.9 Å². The van der Waals surface area contributed by atoms with Crippen molar-refractivity contribution in [3.63, 3.8) is 0 Å². The Morgan fingerprint density at radius 2 is 1.78 bits per heavy atom. The van der Waals surface area contributed by atoms with Crippen molar-refractivity contribution >= 4 is 28.9 Å². The molecule has 0 saturated heterocycles. The molecule has 3 aromatic rings. The molecular formula is C21H20F3N3O4S. The van der Waals surface area contributed by atoms with Gasteiger partial charge in [-0.15, -0.1) is 0 Å². The van der Waals surface area contributed by atoms with E-state index < -0.39 is 34.9 Å². The highest BCUT2D eigenvalue weighted by Crippen LogP contribution is 2.31. The van der Waals surface area contributed by atoms with Gasteiger partial charge in [-0.05, 0) is 25.1 Å². The van der Waals surface area contributed by atoms with Crippen molar-refractivity contribution < 1.29 is 32.6 Å². The summed E-state index contributed by atoms with van der Waals surface area (Å²) in [5.74, 6) is -5.03. The van der Waals surface area contributed by atoms with E-state index in [0.29, 0.717) is 12.1 Å². The number of carbonyl (C=O) groups excluding carboxylic acids is 1. The number of nitrogens with one attached hydrogen (secondary N) is 1. The molecule has 0 unspecified atom stereocenters. The minimum Gasteiger partial charge on any atom is -0.477 e. The van der Waals surface area contributed by atoms with Gasteiger partial charge in [0.05, 0.1) is 11.3 Å². The van der Waals surface area contributed by atoms with Crippen molar-refractivity contribution in [3.8, 4) is 10.9 Å². The number of amides is 1. The fraction of sp³-hybridized carbons (Fsp3) is 0.190. The highest BCUT2D eigenvalue weighted by molar-refractivity contribution is 7.15. The molecule has 4 N–H and O–H groups in total. The third-order valence-electron chi connectivity index (χ3n) is 3.99. The van der Waals surface area contributed by atoms with Crippen LogP contribution in [-0.4, -0.2) is 22.0 Å². The summed E-state index contributed by atoms with van der Waals surface area (Å²) < 4.78 is 46.1. The van der Waals surface area contributed by atoms with Gasteiger partial charge in [-0.1, -0.05) is 25.2 Å². The molecule has 0 saturated carbocycles. The van der Waals surface area contributed by atoms with E-state index in [4.69, 9.17) is 15.6 Å². The number of aryl methyl sites for hydroxylation is 1. The van der Waals surface area contributed by atoms with Crippen molar-refractivity contribution in [2.45, 2.75) is 27.3 Å². The number of halogens is 3. The van der Waals surface area contributed by atoms with Gasteiger partial charge in [-0.3, -0.25) is 4.79 Å². The third-order valence-corrected chi connectivity index (χ3v) is 5.02. The van der Waals surface area contributed by atoms with Gasteiger partial charge in [0.25, 0.3) is 11.1 Å². The van der Waals surface area contributed by atoms with Crippen molar-refractivity contribution in [1.29, 1.82) is 0 Å². The molecule has 170 valence electrons. The maximum atomic E-state index is 13.8. The normalized spacial score (nSPS) is 10.2. The smallest absolute Gasteiger partial charge is 0.347 e. The van der Waals surface area contributed by atoms with Crippen LogP contribution in [0.1, 0.15) is 45.1 Å². The number of aromatic carboxylic acids is 1. The number of aromatic nitrogens is 1. The van der Waals surface area contributed by atoms with Gasteiger partial charge in [0.15, 0.2) is 0 Å². The molecule has 32 heavy (non-hydrogen) atoms. The Morgan fingerprint density at radius 1 is 1.16 bits per heavy atom. The number of ether oxygens (including phenoxy) is 1. The van der Waals surface area contributed by atoms with Crippen molar-refractivity contribution in [3.05, 3.63) is 69.5 Å². The molecule has 2 aromatic carbocycles. The summed E-state index contributed by atoms with van der Waals surface area (Å²) in [6.07, 6.45) is 0. The summed E-state index contributed by atoms with van der Waals surface area (Å²) in [6.45, 7) is 5.15. The summed E-state index contributed by atoms with van der Waals surface area (Å²) in [7, 11) is 0. The lowest BCUT2D eigenvalue weighted by molar-refractivity contribution is 0.0701. The molecule has 0 aliphatic heterocycles. The number of hydrogen-bond acceptors (Lipinski definition) is 6. The van der Waals surface area contributed by atoms with Crippen LogP contribution in [0.15, 0.2) is 30.3 Å². The topological polar surface area (TPSA) is 115 Å². The van der Waals surface area contributed by atoms with E-state index in [0.717, 1.165) is 11.3 Å². The quantitative estimate of drug-likeness (QED) is 0.446. The first-order valence-electron chi connectivity index (χ1n) is 9.35. The number of anilines is 1. The number of carbonyl (C=O) groups is 2. The summed E-state index contributed by atoms with van der Waals surface area (Å²) in [5, 5.41) is 11.8. The van der Waals surface area contributed by atoms with Crippen molar-refractivity contribution in [2.24, 2.45) is 5.73 Å². The highest BCUT2D eigenvalue weighted by Gasteiger charge is 2.17. The van der Waals surface area contributed by atoms with E-state index in [1.54, 1.807) is 0 Å². The van der Waals surface area contributed by atoms with Gasteiger partial charge in [0.2, 0.25) is 0 Å². The summed E-state index contributed by atoms with van der Waals surface area (Å²) in [4.78, 5) is 26.9. The number of benzene rings is 2. The molecule has 0 fully saturated rings. The number of rotatable bonds is 7. The minimum absolute atomic E-state index is 0.0155. The molecule has 0 radical (unpaired) electrons. The fourth-order valence-electron chi connectivity index (χ4n) is 2.58. The van der Waals surface area contributed by atoms with Gasteiger partial charge in [-0.2, -0.15) is 0 Å². The number of primary amides is 1. The molecule has 3 rings (SSSR count). The Bertz CT molecular complexity index is 1130. The minimum atomic E-state index is -1.14. The third kappa shape index (κ3) is 5.76. The Hall–Kier alpha value is -3.60. The summed E-state index contributed by atoms with van der Waals surface area (Å²) in [5.41, 5.74) is 5.36. The molecular weight excluding hydrogens is 447 g/mol. The second kappa shape index (κ2) is 10.6. The number of carboxylic acids is 1. The number of carboxylic acid groups (broad SMARTS) is 1. The molecule has 11 heteroatoms. The molecule has 1 heterocycles. The lowest BCUT2D eigenvalue weighted by Crippen LogP contribution is -2.15. The maximum absolute atomic E-state index is 13.8. The molecule has 0 atom stereocenters. The van der Waals surface area contributed by atoms with Gasteiger partial charge in [0.1, 0.15) is 28.1 Å². The van der Waals surface area contributed by atoms with E-state index in [9.17, 15) is 22.8 Å². The highest BCUT2D eigenvalue weighted by atomic mass is 32.1. The number of thiazole rings is 1. The van der Waals surface area contributed by atoms with E-state index in [1.165, 1.54) is 25.1 Å². The monoisotopic (exact) mass is 467 g/mol. The second-order valence-electron chi connectivity index (χ2n) is 6.07. The Morgan fingerprint density at radius 3 is 2.31 bits per heavy atom. The average molecular weight is 467 g/mol. The van der Waals surface area contributed by atoms with E-state index >= 15 is 0 Å². The Labute approximate surface area is 185 Å². The number of nitrogens with zero attached hydrogens (tertiary/aromatic N) is 1.